The normalized spacial score (nSPS) is 22.9. The minimum Gasteiger partial charge on any atom is -0.493 e. The lowest BCUT2D eigenvalue weighted by atomic mass is 10.1. The summed E-state index contributed by atoms with van der Waals surface area (Å²) in [5.41, 5.74) is 2.11. The Bertz CT molecular complexity index is 1060. The fourth-order valence-electron chi connectivity index (χ4n) is 3.81. The molecule has 0 bridgehead atoms. The number of aromatic nitrogens is 4. The number of hydrogen-bond donors (Lipinski definition) is 4. The number of methoxy groups -OCH3 is 2. The number of rotatable bonds is 9. The second-order valence-electron chi connectivity index (χ2n) is 7.49. The van der Waals surface area contributed by atoms with Crippen molar-refractivity contribution in [3.8, 4) is 11.5 Å². The predicted molar refractivity (Wildman–Crippen MR) is 115 cm³/mol. The molecule has 0 amide bonds. The van der Waals surface area contributed by atoms with E-state index in [4.69, 9.17) is 14.2 Å². The number of fused-ring (bicyclic) bond motifs is 1. The maximum atomic E-state index is 10.3. The van der Waals surface area contributed by atoms with E-state index in [1.165, 1.54) is 17.2 Å². The highest BCUT2D eigenvalue weighted by molar-refractivity contribution is 5.82. The van der Waals surface area contributed by atoms with Gasteiger partial charge in [0.25, 0.3) is 0 Å². The van der Waals surface area contributed by atoms with Crippen LogP contribution < -0.4 is 14.8 Å². The number of hydrogen-bond acceptors (Lipinski definition) is 10. The number of nitrogens with zero attached hydrogens (tertiary/aromatic N) is 4. The Morgan fingerprint density at radius 3 is 2.62 bits per heavy atom. The molecule has 0 spiro atoms. The molecule has 172 valence electrons. The number of aliphatic hydroxyl groups is 3. The first-order valence-electron chi connectivity index (χ1n) is 10.3. The van der Waals surface area contributed by atoms with Crippen LogP contribution in [-0.4, -0.2) is 80.5 Å². The van der Waals surface area contributed by atoms with Gasteiger partial charge in [-0.05, 0) is 30.5 Å². The highest BCUT2D eigenvalue weighted by Crippen LogP contribution is 2.32. The zero-order chi connectivity index (χ0) is 22.7. The van der Waals surface area contributed by atoms with E-state index in [-0.39, 0.29) is 0 Å². The van der Waals surface area contributed by atoms with Crippen LogP contribution in [0.15, 0.2) is 30.9 Å². The number of imidazole rings is 1. The smallest absolute Gasteiger partial charge is 0.167 e. The average molecular weight is 445 g/mol. The van der Waals surface area contributed by atoms with E-state index in [1.807, 2.05) is 18.2 Å². The van der Waals surface area contributed by atoms with Crippen LogP contribution >= 0.6 is 0 Å². The molecule has 1 aliphatic heterocycles. The van der Waals surface area contributed by atoms with Crippen LogP contribution in [0.5, 0.6) is 11.5 Å². The quantitative estimate of drug-likeness (QED) is 0.344. The molecule has 3 aromatic rings. The second kappa shape index (κ2) is 9.65. The zero-order valence-electron chi connectivity index (χ0n) is 17.9. The van der Waals surface area contributed by atoms with Gasteiger partial charge in [-0.1, -0.05) is 6.07 Å². The lowest BCUT2D eigenvalue weighted by Crippen LogP contribution is -2.33. The third-order valence-corrected chi connectivity index (χ3v) is 5.53. The van der Waals surface area contributed by atoms with Crippen molar-refractivity contribution in [3.63, 3.8) is 0 Å². The van der Waals surface area contributed by atoms with Crippen molar-refractivity contribution in [2.24, 2.45) is 0 Å². The summed E-state index contributed by atoms with van der Waals surface area (Å²) in [6, 6.07) is 5.86. The molecule has 0 aliphatic carbocycles. The molecule has 1 aromatic carbocycles. The summed E-state index contributed by atoms with van der Waals surface area (Å²) >= 11 is 0. The van der Waals surface area contributed by atoms with E-state index in [2.05, 4.69) is 20.3 Å². The lowest BCUT2D eigenvalue weighted by Gasteiger charge is -2.16. The fraction of sp³-hybridized carbons (Fsp3) is 0.476. The van der Waals surface area contributed by atoms with Crippen LogP contribution in [0.25, 0.3) is 11.2 Å². The number of ether oxygens (including phenoxy) is 3. The van der Waals surface area contributed by atoms with Crippen molar-refractivity contribution >= 4 is 17.0 Å². The van der Waals surface area contributed by atoms with Crippen LogP contribution in [0.3, 0.4) is 0 Å². The standard InChI is InChI=1S/C21H27N5O6/c1-30-13-6-5-12(8-14(13)31-2)4-3-7-22-19-16-20(24-10-23-19)26(11-25-16)21-18(29)17(28)15(9-27)32-21/h5-6,8,10-11,15,17-18,21,27-29H,3-4,7,9H2,1-2H3,(H,22,23,24). The monoisotopic (exact) mass is 445 g/mol. The topological polar surface area (TPSA) is 144 Å². The van der Waals surface area contributed by atoms with Gasteiger partial charge < -0.3 is 34.8 Å². The highest BCUT2D eigenvalue weighted by Gasteiger charge is 2.44. The van der Waals surface area contributed by atoms with E-state index in [0.29, 0.717) is 35.0 Å². The Labute approximate surface area is 184 Å². The zero-order valence-corrected chi connectivity index (χ0v) is 17.9. The molecule has 2 aromatic heterocycles. The number of aryl methyl sites for hydroxylation is 1. The third kappa shape index (κ3) is 4.19. The van der Waals surface area contributed by atoms with Crippen molar-refractivity contribution in [1.29, 1.82) is 0 Å². The van der Waals surface area contributed by atoms with Crippen LogP contribution in [0.2, 0.25) is 0 Å². The maximum absolute atomic E-state index is 10.3. The molecule has 4 N–H and O–H groups in total. The summed E-state index contributed by atoms with van der Waals surface area (Å²) in [5.74, 6) is 1.96. The fourth-order valence-corrected chi connectivity index (χ4v) is 3.81. The molecule has 1 saturated heterocycles. The SMILES string of the molecule is COc1ccc(CCCNc2ncnc3c2ncn3C2OC(CO)C(O)C2O)cc1OC. The van der Waals surface area contributed by atoms with Crippen molar-refractivity contribution in [3.05, 3.63) is 36.4 Å². The van der Waals surface area contributed by atoms with Gasteiger partial charge in [0, 0.05) is 6.54 Å². The van der Waals surface area contributed by atoms with Crippen molar-refractivity contribution in [2.75, 3.05) is 32.7 Å². The molecule has 4 atom stereocenters. The molecule has 3 heterocycles. The van der Waals surface area contributed by atoms with Gasteiger partial charge in [-0.3, -0.25) is 4.57 Å². The Morgan fingerprint density at radius 2 is 1.91 bits per heavy atom. The number of aliphatic hydroxyl groups excluding tert-OH is 3. The van der Waals surface area contributed by atoms with Gasteiger partial charge in [-0.2, -0.15) is 0 Å². The summed E-state index contributed by atoms with van der Waals surface area (Å²) in [6.07, 6.45) is 0.376. The van der Waals surface area contributed by atoms with Gasteiger partial charge in [0.15, 0.2) is 34.7 Å². The second-order valence-corrected chi connectivity index (χ2v) is 7.49. The number of anilines is 1. The first kappa shape index (κ1) is 22.2. The van der Waals surface area contributed by atoms with Gasteiger partial charge in [-0.25, -0.2) is 15.0 Å². The number of nitrogens with one attached hydrogen (secondary N) is 1. The summed E-state index contributed by atoms with van der Waals surface area (Å²) in [5, 5.41) is 32.9. The average Bonchev–Trinajstić information content (AvgIpc) is 3.37. The van der Waals surface area contributed by atoms with Gasteiger partial charge in [0.05, 0.1) is 27.2 Å². The molecule has 1 fully saturated rings. The van der Waals surface area contributed by atoms with Gasteiger partial charge in [0.2, 0.25) is 0 Å². The van der Waals surface area contributed by atoms with Crippen LogP contribution in [0, 0.1) is 0 Å². The minimum atomic E-state index is -1.21. The maximum Gasteiger partial charge on any atom is 0.167 e. The Kier molecular flexibility index (Phi) is 6.70. The van der Waals surface area contributed by atoms with E-state index >= 15 is 0 Å². The van der Waals surface area contributed by atoms with E-state index in [0.717, 1.165) is 18.4 Å². The predicted octanol–water partition coefficient (Wildman–Crippen LogP) is 0.500. The van der Waals surface area contributed by atoms with Crippen molar-refractivity contribution in [2.45, 2.75) is 37.4 Å². The van der Waals surface area contributed by atoms with Crippen LogP contribution in [0.4, 0.5) is 5.82 Å². The van der Waals surface area contributed by atoms with Gasteiger partial charge in [-0.15, -0.1) is 0 Å². The van der Waals surface area contributed by atoms with E-state index < -0.39 is 31.1 Å². The van der Waals surface area contributed by atoms with Gasteiger partial charge >= 0.3 is 0 Å². The van der Waals surface area contributed by atoms with Crippen molar-refractivity contribution in [1.82, 2.24) is 19.5 Å². The molecule has 11 heteroatoms. The van der Waals surface area contributed by atoms with E-state index in [1.54, 1.807) is 14.2 Å². The van der Waals surface area contributed by atoms with Gasteiger partial charge in [0.1, 0.15) is 24.6 Å². The minimum absolute atomic E-state index is 0.400. The van der Waals surface area contributed by atoms with Crippen LogP contribution in [0.1, 0.15) is 18.2 Å². The third-order valence-electron chi connectivity index (χ3n) is 5.53. The number of benzene rings is 1. The molecule has 0 radical (unpaired) electrons. The summed E-state index contributed by atoms with van der Waals surface area (Å²) in [6.45, 7) is 0.254. The Morgan fingerprint density at radius 1 is 1.09 bits per heavy atom. The molecular weight excluding hydrogens is 418 g/mol. The Hall–Kier alpha value is -2.99. The molecular formula is C21H27N5O6. The van der Waals surface area contributed by atoms with E-state index in [9.17, 15) is 15.3 Å². The molecule has 1 aliphatic rings. The van der Waals surface area contributed by atoms with Crippen molar-refractivity contribution < 1.29 is 29.5 Å². The molecule has 4 rings (SSSR count). The Balaban J connectivity index is 1.42. The molecule has 4 unspecified atom stereocenters. The highest BCUT2D eigenvalue weighted by atomic mass is 16.6. The molecule has 32 heavy (non-hydrogen) atoms. The first-order chi connectivity index (χ1) is 15.6. The lowest BCUT2D eigenvalue weighted by molar-refractivity contribution is -0.0511. The molecule has 0 saturated carbocycles. The summed E-state index contributed by atoms with van der Waals surface area (Å²) in [4.78, 5) is 12.9. The molecule has 11 nitrogen and oxygen atoms in total. The largest absolute Gasteiger partial charge is 0.493 e. The van der Waals surface area contributed by atoms with Crippen LogP contribution in [-0.2, 0) is 11.2 Å². The summed E-state index contributed by atoms with van der Waals surface area (Å²) < 4.78 is 17.7. The first-order valence-corrected chi connectivity index (χ1v) is 10.3. The summed E-state index contributed by atoms with van der Waals surface area (Å²) in [7, 11) is 3.22.